The Morgan fingerprint density at radius 1 is 1.25 bits per heavy atom. The van der Waals surface area contributed by atoms with Crippen molar-refractivity contribution in [3.63, 3.8) is 0 Å². The van der Waals surface area contributed by atoms with E-state index in [1.54, 1.807) is 0 Å². The molecule has 0 spiro atoms. The maximum Gasteiger partial charge on any atom is 0.0331 e. The molecule has 3 atom stereocenters. The third-order valence-electron chi connectivity index (χ3n) is 5.13. The Labute approximate surface area is 101 Å². The van der Waals surface area contributed by atoms with Crippen LogP contribution in [0.3, 0.4) is 0 Å². The Balaban J connectivity index is 2.01. The average molecular weight is 224 g/mol. The Morgan fingerprint density at radius 2 is 1.94 bits per heavy atom. The summed E-state index contributed by atoms with van der Waals surface area (Å²) in [5.41, 5.74) is 6.31. The van der Waals surface area contributed by atoms with Gasteiger partial charge in [-0.25, -0.2) is 0 Å². The lowest BCUT2D eigenvalue weighted by Gasteiger charge is -2.46. The molecule has 0 aliphatic heterocycles. The third-order valence-corrected chi connectivity index (χ3v) is 5.13. The topological polar surface area (TPSA) is 29.3 Å². The molecule has 2 saturated carbocycles. The molecule has 0 radical (unpaired) electrons. The van der Waals surface area contributed by atoms with Gasteiger partial charge in [0.15, 0.2) is 0 Å². The van der Waals surface area contributed by atoms with Crippen LogP contribution in [0.25, 0.3) is 0 Å². The first-order valence-corrected chi connectivity index (χ1v) is 7.01. The van der Waals surface area contributed by atoms with Crippen molar-refractivity contribution in [2.45, 2.75) is 64.0 Å². The molecule has 16 heavy (non-hydrogen) atoms. The highest BCUT2D eigenvalue weighted by molar-refractivity contribution is 5.01. The van der Waals surface area contributed by atoms with Crippen LogP contribution in [-0.2, 0) is 0 Å². The van der Waals surface area contributed by atoms with E-state index >= 15 is 0 Å². The second kappa shape index (κ2) is 4.66. The molecule has 2 aliphatic rings. The first-order chi connectivity index (χ1) is 7.58. The third kappa shape index (κ3) is 2.28. The highest BCUT2D eigenvalue weighted by atomic mass is 15.2. The lowest BCUT2D eigenvalue weighted by molar-refractivity contribution is 0.0439. The zero-order valence-electron chi connectivity index (χ0n) is 11.2. The molecule has 2 rings (SSSR count). The number of rotatable bonds is 4. The number of nitrogens with two attached hydrogens (primary N) is 1. The smallest absolute Gasteiger partial charge is 0.0331 e. The second-order valence-electron chi connectivity index (χ2n) is 6.37. The zero-order chi connectivity index (χ0) is 11.8. The Morgan fingerprint density at radius 3 is 2.44 bits per heavy atom. The van der Waals surface area contributed by atoms with Crippen LogP contribution in [0.1, 0.15) is 52.4 Å². The maximum atomic E-state index is 6.05. The van der Waals surface area contributed by atoms with Crippen molar-refractivity contribution in [2.75, 3.05) is 13.6 Å². The van der Waals surface area contributed by atoms with E-state index in [4.69, 9.17) is 5.73 Å². The summed E-state index contributed by atoms with van der Waals surface area (Å²) < 4.78 is 0. The molecule has 2 aliphatic carbocycles. The van der Waals surface area contributed by atoms with E-state index in [-0.39, 0.29) is 5.54 Å². The number of likely N-dealkylation sites (N-methyl/N-ethyl adjacent to an activating group) is 1. The highest BCUT2D eigenvalue weighted by Gasteiger charge is 2.45. The summed E-state index contributed by atoms with van der Waals surface area (Å²) in [6.07, 6.45) is 8.36. The van der Waals surface area contributed by atoms with Crippen molar-refractivity contribution in [1.82, 2.24) is 4.90 Å². The minimum atomic E-state index is 0.266. The summed E-state index contributed by atoms with van der Waals surface area (Å²) in [5, 5.41) is 0. The van der Waals surface area contributed by atoms with Crippen molar-refractivity contribution in [2.24, 2.45) is 17.6 Å². The van der Waals surface area contributed by atoms with Crippen LogP contribution in [0.5, 0.6) is 0 Å². The summed E-state index contributed by atoms with van der Waals surface area (Å²) >= 11 is 0. The Kier molecular flexibility index (Phi) is 3.60. The summed E-state index contributed by atoms with van der Waals surface area (Å²) in [4.78, 5) is 2.63. The molecule has 94 valence electrons. The van der Waals surface area contributed by atoms with Gasteiger partial charge < -0.3 is 5.73 Å². The highest BCUT2D eigenvalue weighted by Crippen LogP contribution is 2.44. The lowest BCUT2D eigenvalue weighted by atomic mass is 9.83. The van der Waals surface area contributed by atoms with Gasteiger partial charge in [0.05, 0.1) is 0 Å². The molecule has 0 amide bonds. The van der Waals surface area contributed by atoms with Crippen molar-refractivity contribution >= 4 is 0 Å². The molecule has 0 heterocycles. The van der Waals surface area contributed by atoms with Crippen LogP contribution in [0, 0.1) is 11.8 Å². The minimum absolute atomic E-state index is 0.266. The molecule has 2 fully saturated rings. The van der Waals surface area contributed by atoms with E-state index in [0.717, 1.165) is 24.4 Å². The molecule has 0 aromatic carbocycles. The normalized spacial score (nSPS) is 35.1. The standard InChI is InChI=1S/C14H28N2/c1-11-5-4-6-13(9-11)16(3)14(2,10-15)12-7-8-12/h11-13H,4-10,15H2,1-3H3. The van der Waals surface area contributed by atoms with Crippen LogP contribution in [0.15, 0.2) is 0 Å². The van der Waals surface area contributed by atoms with Crippen LogP contribution >= 0.6 is 0 Å². The van der Waals surface area contributed by atoms with Gasteiger partial charge in [0.25, 0.3) is 0 Å². The summed E-state index contributed by atoms with van der Waals surface area (Å²) in [5.74, 6) is 1.77. The van der Waals surface area contributed by atoms with Gasteiger partial charge in [-0.1, -0.05) is 19.8 Å². The summed E-state index contributed by atoms with van der Waals surface area (Å²) in [7, 11) is 2.31. The number of hydrogen-bond acceptors (Lipinski definition) is 2. The van der Waals surface area contributed by atoms with Gasteiger partial charge in [-0.15, -0.1) is 0 Å². The van der Waals surface area contributed by atoms with Crippen LogP contribution in [0.2, 0.25) is 0 Å². The van der Waals surface area contributed by atoms with Gasteiger partial charge in [0.2, 0.25) is 0 Å². The molecule has 0 aromatic heterocycles. The fraction of sp³-hybridized carbons (Fsp3) is 1.00. The minimum Gasteiger partial charge on any atom is -0.329 e. The van der Waals surface area contributed by atoms with Gasteiger partial charge in [-0.3, -0.25) is 4.90 Å². The van der Waals surface area contributed by atoms with Crippen LogP contribution < -0.4 is 5.73 Å². The second-order valence-corrected chi connectivity index (χ2v) is 6.37. The Bertz CT molecular complexity index is 237. The molecular formula is C14H28N2. The molecule has 0 bridgehead atoms. The van der Waals surface area contributed by atoms with Gasteiger partial charge in [-0.2, -0.15) is 0 Å². The quantitative estimate of drug-likeness (QED) is 0.795. The molecule has 2 N–H and O–H groups in total. The molecule has 3 unspecified atom stereocenters. The zero-order valence-corrected chi connectivity index (χ0v) is 11.2. The lowest BCUT2D eigenvalue weighted by Crippen LogP contribution is -2.56. The molecule has 0 saturated heterocycles. The molecular weight excluding hydrogens is 196 g/mol. The van der Waals surface area contributed by atoms with E-state index in [0.29, 0.717) is 0 Å². The predicted molar refractivity (Wildman–Crippen MR) is 69.4 cm³/mol. The molecule has 2 heteroatoms. The first-order valence-electron chi connectivity index (χ1n) is 7.01. The van der Waals surface area contributed by atoms with Crippen molar-refractivity contribution in [3.8, 4) is 0 Å². The number of hydrogen-bond donors (Lipinski definition) is 1. The largest absolute Gasteiger partial charge is 0.329 e. The van der Waals surface area contributed by atoms with Crippen LogP contribution in [-0.4, -0.2) is 30.1 Å². The predicted octanol–water partition coefficient (Wildman–Crippen LogP) is 2.62. The van der Waals surface area contributed by atoms with Crippen molar-refractivity contribution in [3.05, 3.63) is 0 Å². The van der Waals surface area contributed by atoms with E-state index in [1.165, 1.54) is 38.5 Å². The van der Waals surface area contributed by atoms with Gasteiger partial charge in [0.1, 0.15) is 0 Å². The van der Waals surface area contributed by atoms with E-state index in [9.17, 15) is 0 Å². The van der Waals surface area contributed by atoms with Crippen molar-refractivity contribution in [1.29, 1.82) is 0 Å². The van der Waals surface area contributed by atoms with E-state index in [1.807, 2.05) is 0 Å². The fourth-order valence-corrected chi connectivity index (χ4v) is 3.47. The summed E-state index contributed by atoms with van der Waals surface area (Å²) in [6, 6.07) is 0.776. The SMILES string of the molecule is CC1CCCC(N(C)C(C)(CN)C2CC2)C1. The average Bonchev–Trinajstić information content (AvgIpc) is 3.11. The van der Waals surface area contributed by atoms with E-state index < -0.39 is 0 Å². The van der Waals surface area contributed by atoms with Gasteiger partial charge >= 0.3 is 0 Å². The maximum absolute atomic E-state index is 6.05. The Hall–Kier alpha value is -0.0800. The van der Waals surface area contributed by atoms with E-state index in [2.05, 4.69) is 25.8 Å². The monoisotopic (exact) mass is 224 g/mol. The van der Waals surface area contributed by atoms with Crippen LogP contribution in [0.4, 0.5) is 0 Å². The molecule has 0 aromatic rings. The molecule has 2 nitrogen and oxygen atoms in total. The fourth-order valence-electron chi connectivity index (χ4n) is 3.47. The summed E-state index contributed by atoms with van der Waals surface area (Å²) in [6.45, 7) is 5.60. The van der Waals surface area contributed by atoms with Crippen molar-refractivity contribution < 1.29 is 0 Å². The number of nitrogens with zero attached hydrogens (tertiary/aromatic N) is 1. The first kappa shape index (κ1) is 12.4. The van der Waals surface area contributed by atoms with Gasteiger partial charge in [-0.05, 0) is 51.5 Å². The van der Waals surface area contributed by atoms with Gasteiger partial charge in [0, 0.05) is 18.1 Å².